The second-order valence-corrected chi connectivity index (χ2v) is 5.21. The van der Waals surface area contributed by atoms with Crippen LogP contribution in [0.15, 0.2) is 24.3 Å². The van der Waals surface area contributed by atoms with Gasteiger partial charge in [-0.3, -0.25) is 0 Å². The van der Waals surface area contributed by atoms with E-state index in [1.54, 1.807) is 6.92 Å². The lowest BCUT2D eigenvalue weighted by atomic mass is 9.90. The highest BCUT2D eigenvalue weighted by Gasteiger charge is 2.35. The summed E-state index contributed by atoms with van der Waals surface area (Å²) < 4.78 is 26.6. The second kappa shape index (κ2) is 6.28. The summed E-state index contributed by atoms with van der Waals surface area (Å²) in [7, 11) is 0. The molecular weight excluding hydrogens is 232 g/mol. The molecule has 1 rings (SSSR count). The van der Waals surface area contributed by atoms with Crippen LogP contribution in [0.3, 0.4) is 0 Å². The highest BCUT2D eigenvalue weighted by Crippen LogP contribution is 2.29. The standard InChI is InChI=1S/C15H23F2N/c1-5-10-18-15(4,14(16)17)13-8-6-12(7-9-13)11(2)3/h6-9,11,14,18H,5,10H2,1-4H3. The first-order valence-corrected chi connectivity index (χ1v) is 6.55. The van der Waals surface area contributed by atoms with Gasteiger partial charge in [0.25, 0.3) is 6.43 Å². The predicted octanol–water partition coefficient (Wildman–Crippen LogP) is 4.29. The van der Waals surface area contributed by atoms with E-state index >= 15 is 0 Å². The zero-order valence-electron chi connectivity index (χ0n) is 11.6. The molecule has 0 fully saturated rings. The molecule has 0 bridgehead atoms. The number of benzene rings is 1. The maximum atomic E-state index is 13.3. The van der Waals surface area contributed by atoms with Crippen LogP contribution in [0.25, 0.3) is 0 Å². The van der Waals surface area contributed by atoms with Gasteiger partial charge in [-0.25, -0.2) is 8.78 Å². The fourth-order valence-corrected chi connectivity index (χ4v) is 1.90. The number of hydrogen-bond donors (Lipinski definition) is 1. The second-order valence-electron chi connectivity index (χ2n) is 5.21. The molecule has 18 heavy (non-hydrogen) atoms. The quantitative estimate of drug-likeness (QED) is 0.799. The molecule has 0 aliphatic rings. The minimum atomic E-state index is -2.42. The van der Waals surface area contributed by atoms with E-state index in [2.05, 4.69) is 19.2 Å². The van der Waals surface area contributed by atoms with E-state index in [4.69, 9.17) is 0 Å². The number of alkyl halides is 2. The maximum absolute atomic E-state index is 13.3. The first-order chi connectivity index (χ1) is 8.41. The predicted molar refractivity (Wildman–Crippen MR) is 72.2 cm³/mol. The minimum absolute atomic E-state index is 0.417. The van der Waals surface area contributed by atoms with E-state index in [-0.39, 0.29) is 0 Å². The summed E-state index contributed by atoms with van der Waals surface area (Å²) in [5, 5.41) is 2.96. The third-order valence-corrected chi connectivity index (χ3v) is 3.36. The maximum Gasteiger partial charge on any atom is 0.260 e. The molecule has 1 nitrogen and oxygen atoms in total. The Morgan fingerprint density at radius 2 is 1.72 bits per heavy atom. The summed E-state index contributed by atoms with van der Waals surface area (Å²) in [6, 6.07) is 7.50. The van der Waals surface area contributed by atoms with E-state index in [1.807, 2.05) is 31.2 Å². The van der Waals surface area contributed by atoms with Crippen LogP contribution < -0.4 is 5.32 Å². The first kappa shape index (κ1) is 15.1. The van der Waals surface area contributed by atoms with Gasteiger partial charge in [-0.1, -0.05) is 45.0 Å². The molecule has 0 aliphatic carbocycles. The Labute approximate surface area is 109 Å². The average molecular weight is 255 g/mol. The van der Waals surface area contributed by atoms with Crippen LogP contribution in [-0.4, -0.2) is 13.0 Å². The fraction of sp³-hybridized carbons (Fsp3) is 0.600. The number of nitrogens with one attached hydrogen (secondary N) is 1. The van der Waals surface area contributed by atoms with Crippen LogP contribution in [0.5, 0.6) is 0 Å². The topological polar surface area (TPSA) is 12.0 Å². The van der Waals surface area contributed by atoms with Crippen molar-refractivity contribution >= 4 is 0 Å². The number of hydrogen-bond acceptors (Lipinski definition) is 1. The van der Waals surface area contributed by atoms with Crippen molar-refractivity contribution in [1.29, 1.82) is 0 Å². The zero-order valence-corrected chi connectivity index (χ0v) is 11.6. The summed E-state index contributed by atoms with van der Waals surface area (Å²) in [5.74, 6) is 0.417. The largest absolute Gasteiger partial charge is 0.303 e. The Morgan fingerprint density at radius 1 is 1.17 bits per heavy atom. The van der Waals surface area contributed by atoms with Crippen molar-refractivity contribution < 1.29 is 8.78 Å². The molecule has 3 heteroatoms. The molecule has 0 spiro atoms. The molecule has 0 heterocycles. The molecule has 1 N–H and O–H groups in total. The number of rotatable bonds is 6. The molecule has 1 aromatic rings. The van der Waals surface area contributed by atoms with Crippen molar-refractivity contribution in [2.45, 2.75) is 52.0 Å². The van der Waals surface area contributed by atoms with Crippen LogP contribution in [-0.2, 0) is 5.54 Å². The van der Waals surface area contributed by atoms with Gasteiger partial charge >= 0.3 is 0 Å². The van der Waals surface area contributed by atoms with Crippen molar-refractivity contribution in [3.8, 4) is 0 Å². The van der Waals surface area contributed by atoms with Crippen LogP contribution in [0.2, 0.25) is 0 Å². The Morgan fingerprint density at radius 3 is 2.11 bits per heavy atom. The lowest BCUT2D eigenvalue weighted by molar-refractivity contribution is 0.0385. The van der Waals surface area contributed by atoms with Gasteiger partial charge in [0.1, 0.15) is 5.54 Å². The van der Waals surface area contributed by atoms with Crippen LogP contribution >= 0.6 is 0 Å². The summed E-state index contributed by atoms with van der Waals surface area (Å²) >= 11 is 0. The normalized spacial score (nSPS) is 15.1. The van der Waals surface area contributed by atoms with Crippen molar-refractivity contribution in [2.75, 3.05) is 6.54 Å². The van der Waals surface area contributed by atoms with Gasteiger partial charge in [-0.05, 0) is 36.9 Å². The van der Waals surface area contributed by atoms with E-state index in [0.29, 0.717) is 18.0 Å². The van der Waals surface area contributed by atoms with E-state index in [1.165, 1.54) is 5.56 Å². The number of halogens is 2. The molecule has 0 radical (unpaired) electrons. The molecule has 0 aromatic heterocycles. The van der Waals surface area contributed by atoms with Crippen molar-refractivity contribution in [3.63, 3.8) is 0 Å². The third-order valence-electron chi connectivity index (χ3n) is 3.36. The van der Waals surface area contributed by atoms with Crippen LogP contribution in [0, 0.1) is 0 Å². The highest BCUT2D eigenvalue weighted by atomic mass is 19.3. The van der Waals surface area contributed by atoms with Crippen molar-refractivity contribution in [3.05, 3.63) is 35.4 Å². The van der Waals surface area contributed by atoms with E-state index in [0.717, 1.165) is 6.42 Å². The molecule has 1 unspecified atom stereocenters. The van der Waals surface area contributed by atoms with Crippen LogP contribution in [0.1, 0.15) is 51.2 Å². The Bertz CT molecular complexity index is 359. The monoisotopic (exact) mass is 255 g/mol. The van der Waals surface area contributed by atoms with Gasteiger partial charge in [0.15, 0.2) is 0 Å². The van der Waals surface area contributed by atoms with Gasteiger partial charge < -0.3 is 5.32 Å². The molecule has 0 saturated heterocycles. The summed E-state index contributed by atoms with van der Waals surface area (Å²) in [5.41, 5.74) is 0.562. The third kappa shape index (κ3) is 3.29. The van der Waals surface area contributed by atoms with Gasteiger partial charge in [0.05, 0.1) is 0 Å². The molecule has 0 aliphatic heterocycles. The Kier molecular flexibility index (Phi) is 5.27. The molecule has 1 aromatic carbocycles. The lowest BCUT2D eigenvalue weighted by Crippen LogP contribution is -2.46. The molecule has 0 saturated carbocycles. The zero-order chi connectivity index (χ0) is 13.8. The minimum Gasteiger partial charge on any atom is -0.303 e. The van der Waals surface area contributed by atoms with Gasteiger partial charge in [0, 0.05) is 0 Å². The average Bonchev–Trinajstić information content (AvgIpc) is 2.35. The van der Waals surface area contributed by atoms with Gasteiger partial charge in [-0.2, -0.15) is 0 Å². The Hall–Kier alpha value is -0.960. The van der Waals surface area contributed by atoms with Crippen molar-refractivity contribution in [2.24, 2.45) is 0 Å². The van der Waals surface area contributed by atoms with Gasteiger partial charge in [0.2, 0.25) is 0 Å². The summed E-state index contributed by atoms with van der Waals surface area (Å²) in [6.07, 6.45) is -1.58. The van der Waals surface area contributed by atoms with E-state index in [9.17, 15) is 8.78 Å². The molecular formula is C15H23F2N. The van der Waals surface area contributed by atoms with Crippen molar-refractivity contribution in [1.82, 2.24) is 5.32 Å². The lowest BCUT2D eigenvalue weighted by Gasteiger charge is -2.31. The SMILES string of the molecule is CCCNC(C)(c1ccc(C(C)C)cc1)C(F)F. The highest BCUT2D eigenvalue weighted by molar-refractivity contribution is 5.30. The summed E-state index contributed by atoms with van der Waals surface area (Å²) in [4.78, 5) is 0. The smallest absolute Gasteiger partial charge is 0.260 e. The first-order valence-electron chi connectivity index (χ1n) is 6.55. The van der Waals surface area contributed by atoms with Crippen LogP contribution in [0.4, 0.5) is 8.78 Å². The molecule has 1 atom stereocenters. The molecule has 102 valence electrons. The van der Waals surface area contributed by atoms with Gasteiger partial charge in [-0.15, -0.1) is 0 Å². The van der Waals surface area contributed by atoms with E-state index < -0.39 is 12.0 Å². The Balaban J connectivity index is 2.99. The summed E-state index contributed by atoms with van der Waals surface area (Å²) in [6.45, 7) is 8.32. The molecule has 0 amide bonds. The fourth-order valence-electron chi connectivity index (χ4n) is 1.90.